The van der Waals surface area contributed by atoms with Gasteiger partial charge in [-0.2, -0.15) is 0 Å². The van der Waals surface area contributed by atoms with Gasteiger partial charge in [0.1, 0.15) is 5.60 Å². The van der Waals surface area contributed by atoms with E-state index >= 15 is 0 Å². The summed E-state index contributed by atoms with van der Waals surface area (Å²) in [6.07, 6.45) is 2.09. The Hall–Kier alpha value is -1.83. The molecule has 1 aliphatic heterocycles. The zero-order valence-corrected chi connectivity index (χ0v) is 13.8. The second-order valence-electron chi connectivity index (χ2n) is 6.77. The van der Waals surface area contributed by atoms with Crippen LogP contribution in [-0.4, -0.2) is 18.7 Å². The molecule has 0 spiro atoms. The lowest BCUT2D eigenvalue weighted by Crippen LogP contribution is -2.40. The lowest BCUT2D eigenvalue weighted by atomic mass is 9.73. The molecule has 0 saturated carbocycles. The van der Waals surface area contributed by atoms with Crippen molar-refractivity contribution in [1.82, 2.24) is 0 Å². The third kappa shape index (κ3) is 2.87. The van der Waals surface area contributed by atoms with Gasteiger partial charge < -0.3 is 9.47 Å². The highest BCUT2D eigenvalue weighted by molar-refractivity contribution is 5.74. The summed E-state index contributed by atoms with van der Waals surface area (Å²) in [6.45, 7) is 9.99. The number of ether oxygens (including phenoxy) is 2. The number of hydrogen-bond donors (Lipinski definition) is 0. The van der Waals surface area contributed by atoms with Crippen molar-refractivity contribution >= 4 is 5.97 Å². The molecule has 3 atom stereocenters. The van der Waals surface area contributed by atoms with E-state index in [1.807, 2.05) is 36.4 Å². The normalized spacial score (nSPS) is 28.0. The first kappa shape index (κ1) is 16.5. The molecule has 1 heterocycles. The maximum atomic E-state index is 12.3. The van der Waals surface area contributed by atoms with Crippen LogP contribution in [0.25, 0.3) is 0 Å². The SMILES string of the molecule is C=C=C[C@@]1(C(C)(C)C)C[C@H](C(=O)OC)[C@H](c2ccccc2)O1. The van der Waals surface area contributed by atoms with Crippen molar-refractivity contribution in [3.05, 3.63) is 54.3 Å². The Kier molecular flexibility index (Phi) is 4.60. The number of carbonyl (C=O) groups is 1. The van der Waals surface area contributed by atoms with Crippen LogP contribution in [0.15, 0.2) is 48.7 Å². The predicted molar refractivity (Wildman–Crippen MR) is 86.3 cm³/mol. The van der Waals surface area contributed by atoms with Crippen LogP contribution in [0.2, 0.25) is 0 Å². The number of esters is 1. The Labute approximate surface area is 132 Å². The molecule has 1 saturated heterocycles. The van der Waals surface area contributed by atoms with E-state index in [2.05, 4.69) is 33.1 Å². The number of carbonyl (C=O) groups excluding carboxylic acids is 1. The number of methoxy groups -OCH3 is 1. The molecule has 0 aromatic heterocycles. The van der Waals surface area contributed by atoms with Gasteiger partial charge in [-0.1, -0.05) is 57.7 Å². The monoisotopic (exact) mass is 300 g/mol. The molecular weight excluding hydrogens is 276 g/mol. The molecule has 3 heteroatoms. The van der Waals surface area contributed by atoms with Crippen molar-refractivity contribution in [3.8, 4) is 0 Å². The Morgan fingerprint density at radius 3 is 2.55 bits per heavy atom. The average Bonchev–Trinajstić information content (AvgIpc) is 2.88. The van der Waals surface area contributed by atoms with E-state index in [9.17, 15) is 4.79 Å². The first-order valence-electron chi connectivity index (χ1n) is 7.52. The predicted octanol–water partition coefficient (Wildman–Crippen LogP) is 4.06. The molecule has 1 aromatic carbocycles. The first-order chi connectivity index (χ1) is 10.3. The van der Waals surface area contributed by atoms with Gasteiger partial charge in [0.15, 0.2) is 0 Å². The maximum absolute atomic E-state index is 12.3. The molecule has 0 aliphatic carbocycles. The van der Waals surface area contributed by atoms with E-state index in [0.717, 1.165) is 5.56 Å². The molecule has 1 fully saturated rings. The fraction of sp³-hybridized carbons (Fsp3) is 0.474. The third-order valence-corrected chi connectivity index (χ3v) is 4.46. The number of rotatable bonds is 3. The van der Waals surface area contributed by atoms with Crippen LogP contribution in [0.3, 0.4) is 0 Å². The van der Waals surface area contributed by atoms with Crippen LogP contribution in [-0.2, 0) is 14.3 Å². The van der Waals surface area contributed by atoms with Crippen molar-refractivity contribution in [2.24, 2.45) is 11.3 Å². The van der Waals surface area contributed by atoms with E-state index in [1.54, 1.807) is 0 Å². The minimum atomic E-state index is -0.589. The van der Waals surface area contributed by atoms with Crippen molar-refractivity contribution in [3.63, 3.8) is 0 Å². The standard InChI is InChI=1S/C19H24O3/c1-6-12-19(18(2,3)4)13-15(17(20)21-5)16(22-19)14-10-8-7-9-11-14/h7-12,15-16H,1,13H2,2-5H3/t15-,16-,19-/m0/s1. The zero-order valence-electron chi connectivity index (χ0n) is 13.8. The summed E-state index contributed by atoms with van der Waals surface area (Å²) in [5.41, 5.74) is 3.07. The Morgan fingerprint density at radius 2 is 2.05 bits per heavy atom. The highest BCUT2D eigenvalue weighted by Gasteiger charge is 2.54. The van der Waals surface area contributed by atoms with Gasteiger partial charge in [-0.05, 0) is 23.5 Å². The molecule has 0 bridgehead atoms. The van der Waals surface area contributed by atoms with E-state index in [0.29, 0.717) is 6.42 Å². The van der Waals surface area contributed by atoms with Crippen LogP contribution < -0.4 is 0 Å². The summed E-state index contributed by atoms with van der Waals surface area (Å²) >= 11 is 0. The van der Waals surface area contributed by atoms with Crippen LogP contribution >= 0.6 is 0 Å². The lowest BCUT2D eigenvalue weighted by molar-refractivity contribution is -0.148. The molecule has 0 N–H and O–H groups in total. The topological polar surface area (TPSA) is 35.5 Å². The third-order valence-electron chi connectivity index (χ3n) is 4.46. The molecule has 3 nitrogen and oxygen atoms in total. The Balaban J connectivity index is 2.48. The Morgan fingerprint density at radius 1 is 1.41 bits per heavy atom. The highest BCUT2D eigenvalue weighted by Crippen LogP contribution is 2.52. The van der Waals surface area contributed by atoms with Crippen LogP contribution in [0.1, 0.15) is 38.9 Å². The lowest BCUT2D eigenvalue weighted by Gasteiger charge is -2.38. The fourth-order valence-corrected chi connectivity index (χ4v) is 3.05. The van der Waals surface area contributed by atoms with Crippen LogP contribution in [0.4, 0.5) is 0 Å². The quantitative estimate of drug-likeness (QED) is 0.623. The van der Waals surface area contributed by atoms with Gasteiger partial charge in [0.25, 0.3) is 0 Å². The minimum Gasteiger partial charge on any atom is -0.469 e. The molecular formula is C19H24O3. The summed E-state index contributed by atoms with van der Waals surface area (Å²) in [4.78, 5) is 12.3. The number of benzene rings is 1. The summed E-state index contributed by atoms with van der Waals surface area (Å²) in [7, 11) is 1.42. The second kappa shape index (κ2) is 6.12. The van der Waals surface area contributed by atoms with Gasteiger partial charge in [-0.3, -0.25) is 4.79 Å². The van der Waals surface area contributed by atoms with Crippen molar-refractivity contribution in [1.29, 1.82) is 0 Å². The summed E-state index contributed by atoms with van der Waals surface area (Å²) in [5.74, 6) is -0.575. The molecule has 2 rings (SSSR count). The van der Waals surface area contributed by atoms with Gasteiger partial charge in [0.05, 0.1) is 19.1 Å². The van der Waals surface area contributed by atoms with Crippen LogP contribution in [0.5, 0.6) is 0 Å². The number of hydrogen-bond acceptors (Lipinski definition) is 3. The fourth-order valence-electron chi connectivity index (χ4n) is 3.05. The second-order valence-corrected chi connectivity index (χ2v) is 6.77. The summed E-state index contributed by atoms with van der Waals surface area (Å²) < 4.78 is 11.4. The van der Waals surface area contributed by atoms with Gasteiger partial charge in [0.2, 0.25) is 0 Å². The zero-order chi connectivity index (χ0) is 16.4. The van der Waals surface area contributed by atoms with Crippen molar-refractivity contribution < 1.29 is 14.3 Å². The minimum absolute atomic E-state index is 0.187. The molecule has 0 amide bonds. The maximum Gasteiger partial charge on any atom is 0.311 e. The molecule has 1 aliphatic rings. The van der Waals surface area contributed by atoms with Crippen LogP contribution in [0, 0.1) is 11.3 Å². The van der Waals surface area contributed by atoms with E-state index < -0.39 is 5.60 Å². The van der Waals surface area contributed by atoms with Gasteiger partial charge in [-0.25, -0.2) is 0 Å². The Bertz CT molecular complexity index is 578. The first-order valence-corrected chi connectivity index (χ1v) is 7.52. The summed E-state index contributed by atoms with van der Waals surface area (Å²) in [6, 6.07) is 9.82. The van der Waals surface area contributed by atoms with Gasteiger partial charge >= 0.3 is 5.97 Å². The molecule has 118 valence electrons. The van der Waals surface area contributed by atoms with Crippen molar-refractivity contribution in [2.45, 2.75) is 38.9 Å². The smallest absolute Gasteiger partial charge is 0.311 e. The van der Waals surface area contributed by atoms with E-state index in [1.165, 1.54) is 7.11 Å². The van der Waals surface area contributed by atoms with E-state index in [-0.39, 0.29) is 23.4 Å². The molecule has 22 heavy (non-hydrogen) atoms. The largest absolute Gasteiger partial charge is 0.469 e. The highest BCUT2D eigenvalue weighted by atomic mass is 16.5. The van der Waals surface area contributed by atoms with E-state index in [4.69, 9.17) is 9.47 Å². The van der Waals surface area contributed by atoms with Gasteiger partial charge in [0, 0.05) is 0 Å². The molecule has 0 unspecified atom stereocenters. The molecule has 1 aromatic rings. The van der Waals surface area contributed by atoms with Crippen molar-refractivity contribution in [2.75, 3.05) is 7.11 Å². The van der Waals surface area contributed by atoms with Gasteiger partial charge in [-0.15, -0.1) is 5.73 Å². The average molecular weight is 300 g/mol. The summed E-state index contributed by atoms with van der Waals surface area (Å²) in [5, 5.41) is 0. The molecule has 0 radical (unpaired) electrons.